The SMILES string of the molecule is C[C@H]1CC[C@@]2(CC1)CC2(F)F. The van der Waals surface area contributed by atoms with E-state index in [1.54, 1.807) is 0 Å². The fraction of sp³-hybridized carbons (Fsp3) is 1.00. The van der Waals surface area contributed by atoms with E-state index in [1.807, 2.05) is 0 Å². The molecule has 2 saturated carbocycles. The Morgan fingerprint density at radius 2 is 1.64 bits per heavy atom. The third-order valence-corrected chi connectivity index (χ3v) is 3.44. The molecule has 64 valence electrons. The van der Waals surface area contributed by atoms with Gasteiger partial charge in [-0.1, -0.05) is 6.92 Å². The summed E-state index contributed by atoms with van der Waals surface area (Å²) in [5.74, 6) is -1.62. The van der Waals surface area contributed by atoms with Crippen molar-refractivity contribution in [2.45, 2.75) is 45.0 Å². The molecule has 0 aromatic heterocycles. The predicted molar refractivity (Wildman–Crippen MR) is 39.6 cm³/mol. The van der Waals surface area contributed by atoms with Gasteiger partial charge in [-0.15, -0.1) is 0 Å². The highest BCUT2D eigenvalue weighted by Gasteiger charge is 2.70. The van der Waals surface area contributed by atoms with Gasteiger partial charge >= 0.3 is 0 Å². The fourth-order valence-electron chi connectivity index (χ4n) is 2.24. The van der Waals surface area contributed by atoms with Gasteiger partial charge in [0.2, 0.25) is 0 Å². The average molecular weight is 160 g/mol. The van der Waals surface area contributed by atoms with E-state index in [-0.39, 0.29) is 6.42 Å². The van der Waals surface area contributed by atoms with E-state index in [0.717, 1.165) is 25.7 Å². The van der Waals surface area contributed by atoms with Crippen molar-refractivity contribution in [1.82, 2.24) is 0 Å². The molecule has 2 aliphatic rings. The second-order valence-electron chi connectivity index (χ2n) is 4.34. The molecular formula is C9H14F2. The predicted octanol–water partition coefficient (Wildman–Crippen LogP) is 3.22. The molecule has 0 amide bonds. The molecule has 2 fully saturated rings. The van der Waals surface area contributed by atoms with Crippen molar-refractivity contribution in [2.75, 3.05) is 0 Å². The van der Waals surface area contributed by atoms with Crippen molar-refractivity contribution >= 4 is 0 Å². The van der Waals surface area contributed by atoms with Crippen molar-refractivity contribution in [2.24, 2.45) is 11.3 Å². The molecule has 2 rings (SSSR count). The summed E-state index contributed by atoms with van der Waals surface area (Å²) in [6, 6.07) is 0. The topological polar surface area (TPSA) is 0 Å². The Bertz CT molecular complexity index is 166. The first kappa shape index (κ1) is 7.51. The summed E-state index contributed by atoms with van der Waals surface area (Å²) in [6.45, 7) is 2.16. The van der Waals surface area contributed by atoms with Crippen LogP contribution in [0.2, 0.25) is 0 Å². The van der Waals surface area contributed by atoms with Crippen LogP contribution in [0.25, 0.3) is 0 Å². The van der Waals surface area contributed by atoms with Gasteiger partial charge in [0, 0.05) is 11.8 Å². The maximum Gasteiger partial charge on any atom is 0.254 e. The van der Waals surface area contributed by atoms with Gasteiger partial charge in [0.05, 0.1) is 0 Å². The number of halogens is 2. The Morgan fingerprint density at radius 3 is 2.00 bits per heavy atom. The summed E-state index contributed by atoms with van der Waals surface area (Å²) in [4.78, 5) is 0. The van der Waals surface area contributed by atoms with Gasteiger partial charge in [-0.2, -0.15) is 0 Å². The van der Waals surface area contributed by atoms with Gasteiger partial charge in [-0.3, -0.25) is 0 Å². The van der Waals surface area contributed by atoms with Gasteiger partial charge < -0.3 is 0 Å². The monoisotopic (exact) mass is 160 g/mol. The van der Waals surface area contributed by atoms with E-state index in [9.17, 15) is 8.78 Å². The number of alkyl halides is 2. The van der Waals surface area contributed by atoms with Crippen LogP contribution in [-0.4, -0.2) is 5.92 Å². The van der Waals surface area contributed by atoms with E-state index in [0.29, 0.717) is 5.92 Å². The molecule has 0 nitrogen and oxygen atoms in total. The van der Waals surface area contributed by atoms with Gasteiger partial charge in [0.15, 0.2) is 0 Å². The van der Waals surface area contributed by atoms with Crippen LogP contribution >= 0.6 is 0 Å². The normalized spacial score (nSPS) is 47.7. The third kappa shape index (κ3) is 0.986. The maximum atomic E-state index is 12.8. The molecule has 0 heterocycles. The van der Waals surface area contributed by atoms with Crippen molar-refractivity contribution in [3.63, 3.8) is 0 Å². The molecule has 2 heteroatoms. The molecule has 0 unspecified atom stereocenters. The lowest BCUT2D eigenvalue weighted by atomic mass is 9.80. The minimum absolute atomic E-state index is 0.173. The Hall–Kier alpha value is -0.140. The van der Waals surface area contributed by atoms with E-state index >= 15 is 0 Å². The van der Waals surface area contributed by atoms with Gasteiger partial charge in [-0.05, 0) is 31.6 Å². The van der Waals surface area contributed by atoms with Gasteiger partial charge in [0.1, 0.15) is 0 Å². The zero-order valence-electron chi connectivity index (χ0n) is 6.87. The summed E-state index contributed by atoms with van der Waals surface area (Å²) in [5.41, 5.74) is -0.528. The Balaban J connectivity index is 2.00. The van der Waals surface area contributed by atoms with Crippen LogP contribution in [0, 0.1) is 11.3 Å². The van der Waals surface area contributed by atoms with Crippen molar-refractivity contribution in [1.29, 1.82) is 0 Å². The summed E-state index contributed by atoms with van der Waals surface area (Å²) < 4.78 is 25.6. The van der Waals surface area contributed by atoms with E-state index in [1.165, 1.54) is 0 Å². The maximum absolute atomic E-state index is 12.8. The van der Waals surface area contributed by atoms with E-state index in [2.05, 4.69) is 6.92 Å². The molecule has 0 saturated heterocycles. The number of rotatable bonds is 0. The zero-order chi connectivity index (χ0) is 8.11. The molecule has 0 atom stereocenters. The Morgan fingerprint density at radius 1 is 1.18 bits per heavy atom. The van der Waals surface area contributed by atoms with E-state index in [4.69, 9.17) is 0 Å². The molecule has 0 N–H and O–H groups in total. The van der Waals surface area contributed by atoms with Crippen LogP contribution in [0.1, 0.15) is 39.0 Å². The smallest absolute Gasteiger partial charge is 0.206 e. The molecule has 0 bridgehead atoms. The molecule has 11 heavy (non-hydrogen) atoms. The molecule has 2 aliphatic carbocycles. The number of hydrogen-bond donors (Lipinski definition) is 0. The summed E-state index contributed by atoms with van der Waals surface area (Å²) in [5, 5.41) is 0. The second-order valence-corrected chi connectivity index (χ2v) is 4.34. The third-order valence-electron chi connectivity index (χ3n) is 3.44. The lowest BCUT2D eigenvalue weighted by molar-refractivity contribution is 0.0420. The Kier molecular flexibility index (Phi) is 1.34. The largest absolute Gasteiger partial charge is 0.254 e. The van der Waals surface area contributed by atoms with Crippen LogP contribution in [0.4, 0.5) is 8.78 Å². The minimum atomic E-state index is -2.30. The highest BCUT2D eigenvalue weighted by atomic mass is 19.3. The van der Waals surface area contributed by atoms with Crippen molar-refractivity contribution in [3.8, 4) is 0 Å². The fourth-order valence-corrected chi connectivity index (χ4v) is 2.24. The molecular weight excluding hydrogens is 146 g/mol. The second kappa shape index (κ2) is 1.96. The quantitative estimate of drug-likeness (QED) is 0.510. The molecule has 0 aromatic carbocycles. The highest BCUT2D eigenvalue weighted by molar-refractivity contribution is 5.11. The average Bonchev–Trinajstić information content (AvgIpc) is 2.44. The molecule has 0 aromatic rings. The Labute approximate surface area is 66.0 Å². The van der Waals surface area contributed by atoms with Crippen molar-refractivity contribution in [3.05, 3.63) is 0 Å². The van der Waals surface area contributed by atoms with Gasteiger partial charge in [0.25, 0.3) is 5.92 Å². The highest BCUT2D eigenvalue weighted by Crippen LogP contribution is 2.67. The lowest BCUT2D eigenvalue weighted by Crippen LogP contribution is -2.18. The first-order valence-corrected chi connectivity index (χ1v) is 4.44. The van der Waals surface area contributed by atoms with Crippen LogP contribution < -0.4 is 0 Å². The van der Waals surface area contributed by atoms with E-state index < -0.39 is 11.3 Å². The van der Waals surface area contributed by atoms with Crippen LogP contribution in [0.15, 0.2) is 0 Å². The standard InChI is InChI=1S/C9H14F2/c1-7-2-4-8(5-3-7)6-9(8,10)11/h7H,2-6H2,1H3/t7-,8+. The van der Waals surface area contributed by atoms with Crippen LogP contribution in [0.5, 0.6) is 0 Å². The molecule has 0 radical (unpaired) electrons. The van der Waals surface area contributed by atoms with Crippen molar-refractivity contribution < 1.29 is 8.78 Å². The lowest BCUT2D eigenvalue weighted by Gasteiger charge is -2.25. The van der Waals surface area contributed by atoms with Crippen LogP contribution in [-0.2, 0) is 0 Å². The minimum Gasteiger partial charge on any atom is -0.206 e. The van der Waals surface area contributed by atoms with Gasteiger partial charge in [-0.25, -0.2) is 8.78 Å². The summed E-state index contributed by atoms with van der Waals surface area (Å²) in [6.07, 6.45) is 3.72. The first-order valence-electron chi connectivity index (χ1n) is 4.44. The zero-order valence-corrected chi connectivity index (χ0v) is 6.87. The molecule has 1 spiro atoms. The van der Waals surface area contributed by atoms with Crippen LogP contribution in [0.3, 0.4) is 0 Å². The first-order chi connectivity index (χ1) is 5.06. The summed E-state index contributed by atoms with van der Waals surface area (Å²) in [7, 11) is 0. The molecule has 0 aliphatic heterocycles. The number of hydrogen-bond acceptors (Lipinski definition) is 0. The summed E-state index contributed by atoms with van der Waals surface area (Å²) >= 11 is 0.